The maximum atomic E-state index is 14.3. The number of rotatable bonds is 6. The first-order chi connectivity index (χ1) is 13.2. The molecule has 148 valence electrons. The number of hydrogen-bond acceptors (Lipinski definition) is 3. The van der Waals surface area contributed by atoms with Gasteiger partial charge < -0.3 is 10.1 Å². The highest BCUT2D eigenvalue weighted by molar-refractivity contribution is 6.04. The molecule has 0 unspecified atom stereocenters. The number of aliphatic imine (C=N–C) groups is 1. The van der Waals surface area contributed by atoms with Gasteiger partial charge in [0, 0.05) is 24.6 Å². The molecule has 1 N–H and O–H groups in total. The average Bonchev–Trinajstić information content (AvgIpc) is 2.65. The monoisotopic (exact) mass is 392 g/mol. The van der Waals surface area contributed by atoms with Crippen LogP contribution in [0.1, 0.15) is 27.0 Å². The SMILES string of the molecule is COCC=NC(=O)C(F)(F)c1cc(C(=O)Nc2ccc(C)c(C)c2)ccc1F. The first-order valence-corrected chi connectivity index (χ1v) is 8.29. The molecule has 0 saturated carbocycles. The number of aryl methyl sites for hydroxylation is 2. The van der Waals surface area contributed by atoms with Crippen molar-refractivity contribution in [2.45, 2.75) is 19.8 Å². The fourth-order valence-corrected chi connectivity index (χ4v) is 2.32. The summed E-state index contributed by atoms with van der Waals surface area (Å²) in [4.78, 5) is 27.1. The van der Waals surface area contributed by atoms with Crippen molar-refractivity contribution < 1.29 is 27.5 Å². The highest BCUT2D eigenvalue weighted by atomic mass is 19.3. The smallest absolute Gasteiger partial charge is 0.354 e. The fourth-order valence-electron chi connectivity index (χ4n) is 2.32. The van der Waals surface area contributed by atoms with Gasteiger partial charge in [-0.3, -0.25) is 9.59 Å². The lowest BCUT2D eigenvalue weighted by Gasteiger charge is -2.15. The van der Waals surface area contributed by atoms with Gasteiger partial charge in [0.15, 0.2) is 0 Å². The highest BCUT2D eigenvalue weighted by Gasteiger charge is 2.43. The molecule has 28 heavy (non-hydrogen) atoms. The Bertz CT molecular complexity index is 927. The lowest BCUT2D eigenvalue weighted by Crippen LogP contribution is -2.26. The normalized spacial score (nSPS) is 11.6. The van der Waals surface area contributed by atoms with E-state index in [0.29, 0.717) is 17.8 Å². The number of halogens is 3. The zero-order valence-electron chi connectivity index (χ0n) is 15.6. The Balaban J connectivity index is 2.29. The minimum atomic E-state index is -4.23. The Labute approximate surface area is 160 Å². The van der Waals surface area contributed by atoms with Crippen molar-refractivity contribution >= 4 is 23.7 Å². The molecule has 2 amide bonds. The summed E-state index contributed by atoms with van der Waals surface area (Å²) in [5, 5.41) is 2.56. The third-order valence-corrected chi connectivity index (χ3v) is 4.05. The number of methoxy groups -OCH3 is 1. The Morgan fingerprint density at radius 3 is 2.50 bits per heavy atom. The fraction of sp³-hybridized carbons (Fsp3) is 0.250. The summed E-state index contributed by atoms with van der Waals surface area (Å²) in [6, 6.07) is 7.60. The molecular formula is C20H19F3N2O3. The zero-order chi connectivity index (χ0) is 20.9. The van der Waals surface area contributed by atoms with Gasteiger partial charge in [-0.2, -0.15) is 8.78 Å². The van der Waals surface area contributed by atoms with Crippen LogP contribution in [0.15, 0.2) is 41.4 Å². The summed E-state index contributed by atoms with van der Waals surface area (Å²) >= 11 is 0. The largest absolute Gasteiger partial charge is 0.379 e. The molecule has 2 rings (SSSR count). The van der Waals surface area contributed by atoms with Crippen LogP contribution in [0.4, 0.5) is 18.9 Å². The van der Waals surface area contributed by atoms with Crippen molar-refractivity contribution in [1.29, 1.82) is 0 Å². The third kappa shape index (κ3) is 4.83. The predicted octanol–water partition coefficient (Wildman–Crippen LogP) is 4.03. The first-order valence-electron chi connectivity index (χ1n) is 8.29. The summed E-state index contributed by atoms with van der Waals surface area (Å²) in [6.45, 7) is 3.61. The molecule has 0 aromatic heterocycles. The Morgan fingerprint density at radius 2 is 1.86 bits per heavy atom. The lowest BCUT2D eigenvalue weighted by atomic mass is 10.0. The molecule has 0 radical (unpaired) electrons. The van der Waals surface area contributed by atoms with Crippen molar-refractivity contribution in [3.63, 3.8) is 0 Å². The van der Waals surface area contributed by atoms with E-state index in [9.17, 15) is 22.8 Å². The van der Waals surface area contributed by atoms with E-state index >= 15 is 0 Å². The summed E-state index contributed by atoms with van der Waals surface area (Å²) in [5.74, 6) is -8.11. The number of benzene rings is 2. The second-order valence-corrected chi connectivity index (χ2v) is 6.09. The van der Waals surface area contributed by atoms with Crippen LogP contribution in [0.5, 0.6) is 0 Å². The maximum absolute atomic E-state index is 14.3. The standard InChI is InChI=1S/C20H19F3N2O3/c1-12-4-6-15(10-13(12)2)25-18(26)14-5-7-17(21)16(11-14)20(22,23)19(27)24-8-9-28-3/h4-8,10-11H,9H2,1-3H3,(H,25,26). The molecule has 5 nitrogen and oxygen atoms in total. The van der Waals surface area contributed by atoms with Gasteiger partial charge >= 0.3 is 11.8 Å². The topological polar surface area (TPSA) is 67.8 Å². The quantitative estimate of drug-likeness (QED) is 0.755. The molecule has 0 aliphatic rings. The highest BCUT2D eigenvalue weighted by Crippen LogP contribution is 2.32. The van der Waals surface area contributed by atoms with Crippen LogP contribution < -0.4 is 5.32 Å². The molecule has 0 saturated heterocycles. The van der Waals surface area contributed by atoms with Crippen molar-refractivity contribution in [3.8, 4) is 0 Å². The molecule has 0 heterocycles. The molecule has 2 aromatic carbocycles. The molecule has 0 fully saturated rings. The summed E-state index contributed by atoms with van der Waals surface area (Å²) < 4.78 is 47.2. The van der Waals surface area contributed by atoms with E-state index in [4.69, 9.17) is 0 Å². The number of ether oxygens (including phenoxy) is 1. The van der Waals surface area contributed by atoms with E-state index in [-0.39, 0.29) is 12.2 Å². The van der Waals surface area contributed by atoms with Gasteiger partial charge in [0.25, 0.3) is 5.91 Å². The number of anilines is 1. The molecule has 0 aliphatic carbocycles. The number of alkyl halides is 2. The van der Waals surface area contributed by atoms with Crippen molar-refractivity contribution in [2.24, 2.45) is 4.99 Å². The Hall–Kier alpha value is -3.00. The second kappa shape index (κ2) is 8.79. The van der Waals surface area contributed by atoms with Crippen molar-refractivity contribution in [2.75, 3.05) is 19.0 Å². The van der Waals surface area contributed by atoms with Gasteiger partial charge in [-0.05, 0) is 55.3 Å². The molecule has 2 aromatic rings. The molecule has 0 aliphatic heterocycles. The first kappa shape index (κ1) is 21.3. The minimum absolute atomic E-state index is 0.150. The Kier molecular flexibility index (Phi) is 6.69. The summed E-state index contributed by atoms with van der Waals surface area (Å²) in [5.41, 5.74) is 0.978. The summed E-state index contributed by atoms with van der Waals surface area (Å²) in [7, 11) is 1.30. The van der Waals surface area contributed by atoms with Gasteiger partial charge in [0.1, 0.15) is 5.82 Å². The van der Waals surface area contributed by atoms with Crippen LogP contribution in [-0.2, 0) is 15.5 Å². The Morgan fingerprint density at radius 1 is 1.14 bits per heavy atom. The van der Waals surface area contributed by atoms with Crippen LogP contribution in [-0.4, -0.2) is 31.7 Å². The van der Waals surface area contributed by atoms with E-state index in [1.54, 1.807) is 18.2 Å². The van der Waals surface area contributed by atoms with E-state index in [1.165, 1.54) is 7.11 Å². The van der Waals surface area contributed by atoms with E-state index in [1.807, 2.05) is 13.8 Å². The van der Waals surface area contributed by atoms with Crippen LogP contribution in [0.2, 0.25) is 0 Å². The lowest BCUT2D eigenvalue weighted by molar-refractivity contribution is -0.143. The number of nitrogens with one attached hydrogen (secondary N) is 1. The number of hydrogen-bond donors (Lipinski definition) is 1. The van der Waals surface area contributed by atoms with Crippen molar-refractivity contribution in [1.82, 2.24) is 0 Å². The number of nitrogens with zero attached hydrogens (tertiary/aromatic N) is 1. The summed E-state index contributed by atoms with van der Waals surface area (Å²) in [6.07, 6.45) is 0.852. The molecule has 0 bridgehead atoms. The maximum Gasteiger partial charge on any atom is 0.354 e. The molecular weight excluding hydrogens is 373 g/mol. The predicted molar refractivity (Wildman–Crippen MR) is 99.5 cm³/mol. The zero-order valence-corrected chi connectivity index (χ0v) is 15.6. The number of carbonyl (C=O) groups is 2. The average molecular weight is 392 g/mol. The number of amides is 2. The van der Waals surface area contributed by atoms with Gasteiger partial charge in [-0.25, -0.2) is 9.38 Å². The minimum Gasteiger partial charge on any atom is -0.379 e. The second-order valence-electron chi connectivity index (χ2n) is 6.09. The van der Waals surface area contributed by atoms with Crippen LogP contribution in [0.3, 0.4) is 0 Å². The number of carbonyl (C=O) groups excluding carboxylic acids is 2. The van der Waals surface area contributed by atoms with Crippen LogP contribution >= 0.6 is 0 Å². The van der Waals surface area contributed by atoms with Gasteiger partial charge in [0.2, 0.25) is 0 Å². The molecule has 0 atom stereocenters. The van der Waals surface area contributed by atoms with Crippen LogP contribution in [0.25, 0.3) is 0 Å². The van der Waals surface area contributed by atoms with Gasteiger partial charge in [0.05, 0.1) is 12.2 Å². The molecule has 8 heteroatoms. The van der Waals surface area contributed by atoms with Crippen LogP contribution in [0, 0.1) is 19.7 Å². The van der Waals surface area contributed by atoms with E-state index in [0.717, 1.165) is 23.4 Å². The third-order valence-electron chi connectivity index (χ3n) is 4.05. The van der Waals surface area contributed by atoms with E-state index < -0.39 is 29.1 Å². The van der Waals surface area contributed by atoms with Gasteiger partial charge in [-0.15, -0.1) is 0 Å². The van der Waals surface area contributed by atoms with Gasteiger partial charge in [-0.1, -0.05) is 6.07 Å². The van der Waals surface area contributed by atoms with Crippen molar-refractivity contribution in [3.05, 3.63) is 64.5 Å². The molecule has 0 spiro atoms. The van der Waals surface area contributed by atoms with E-state index in [2.05, 4.69) is 15.0 Å².